The molecule has 0 unspecified atom stereocenters. The fourth-order valence-electron chi connectivity index (χ4n) is 2.06. The van der Waals surface area contributed by atoms with E-state index >= 15 is 0 Å². The number of methoxy groups -OCH3 is 2. The second kappa shape index (κ2) is 6.50. The van der Waals surface area contributed by atoms with Crippen molar-refractivity contribution in [2.75, 3.05) is 20.8 Å². The van der Waals surface area contributed by atoms with Gasteiger partial charge in [-0.05, 0) is 43.9 Å². The lowest BCUT2D eigenvalue weighted by Crippen LogP contribution is -2.38. The molecule has 5 heteroatoms. The quantitative estimate of drug-likeness (QED) is 0.840. The third-order valence-electron chi connectivity index (χ3n) is 3.50. The molecule has 5 nitrogen and oxygen atoms in total. The molecule has 0 aliphatic heterocycles. The molecule has 0 heterocycles. The van der Waals surface area contributed by atoms with Crippen LogP contribution in [0, 0.1) is 5.92 Å². The van der Waals surface area contributed by atoms with Gasteiger partial charge in [-0.3, -0.25) is 0 Å². The third kappa shape index (κ3) is 3.79. The molecule has 0 radical (unpaired) electrons. The van der Waals surface area contributed by atoms with Crippen molar-refractivity contribution in [2.24, 2.45) is 5.92 Å². The molecule has 1 fully saturated rings. The minimum atomic E-state index is -0.153. The molecule has 1 saturated carbocycles. The zero-order valence-electron chi connectivity index (χ0n) is 12.2. The fraction of sp³-hybridized carbons (Fsp3) is 0.533. The first-order chi connectivity index (χ1) is 9.63. The number of hydrogen-bond acceptors (Lipinski definition) is 3. The second-order valence-electron chi connectivity index (χ2n) is 5.13. The monoisotopic (exact) mass is 278 g/mol. The summed E-state index contributed by atoms with van der Waals surface area (Å²) in [4.78, 5) is 11.8. The van der Waals surface area contributed by atoms with Crippen molar-refractivity contribution in [1.29, 1.82) is 0 Å². The van der Waals surface area contributed by atoms with Crippen molar-refractivity contribution in [2.45, 2.75) is 25.8 Å². The average molecular weight is 278 g/mol. The molecule has 0 aromatic heterocycles. The zero-order chi connectivity index (χ0) is 14.5. The van der Waals surface area contributed by atoms with E-state index in [9.17, 15) is 4.79 Å². The number of hydrogen-bond donors (Lipinski definition) is 2. The maximum atomic E-state index is 11.8. The molecule has 0 bridgehead atoms. The van der Waals surface area contributed by atoms with Gasteiger partial charge in [0, 0.05) is 12.1 Å². The van der Waals surface area contributed by atoms with E-state index in [4.69, 9.17) is 9.47 Å². The molecule has 20 heavy (non-hydrogen) atoms. The highest BCUT2D eigenvalue weighted by Crippen LogP contribution is 2.29. The minimum absolute atomic E-state index is 0.144. The first kappa shape index (κ1) is 14.5. The molecular weight excluding hydrogens is 256 g/mol. The van der Waals surface area contributed by atoms with Crippen molar-refractivity contribution in [3.63, 3.8) is 0 Å². The second-order valence-corrected chi connectivity index (χ2v) is 5.13. The van der Waals surface area contributed by atoms with Crippen LogP contribution in [-0.4, -0.2) is 26.8 Å². The predicted octanol–water partition coefficient (Wildman–Crippen LogP) is 2.47. The highest BCUT2D eigenvalue weighted by Gasteiger charge is 2.22. The van der Waals surface area contributed by atoms with Crippen LogP contribution < -0.4 is 20.1 Å². The maximum Gasteiger partial charge on any atom is 0.315 e. The normalized spacial score (nSPS) is 15.3. The highest BCUT2D eigenvalue weighted by atomic mass is 16.5. The van der Waals surface area contributed by atoms with Gasteiger partial charge in [0.2, 0.25) is 0 Å². The molecule has 0 spiro atoms. The van der Waals surface area contributed by atoms with Gasteiger partial charge in [0.1, 0.15) is 11.5 Å². The number of rotatable bonds is 6. The Hall–Kier alpha value is -1.91. The minimum Gasteiger partial charge on any atom is -0.497 e. The maximum absolute atomic E-state index is 11.8. The van der Waals surface area contributed by atoms with Crippen LogP contribution in [0.3, 0.4) is 0 Å². The smallest absolute Gasteiger partial charge is 0.315 e. The molecular formula is C15H22N2O3. The van der Waals surface area contributed by atoms with Gasteiger partial charge in [-0.15, -0.1) is 0 Å². The molecule has 1 atom stereocenters. The van der Waals surface area contributed by atoms with Gasteiger partial charge >= 0.3 is 6.03 Å². The highest BCUT2D eigenvalue weighted by molar-refractivity contribution is 5.74. The average Bonchev–Trinajstić information content (AvgIpc) is 3.28. The van der Waals surface area contributed by atoms with Crippen LogP contribution >= 0.6 is 0 Å². The predicted molar refractivity (Wildman–Crippen MR) is 77.2 cm³/mol. The van der Waals surface area contributed by atoms with Gasteiger partial charge in [-0.1, -0.05) is 0 Å². The fourth-order valence-corrected chi connectivity index (χ4v) is 2.06. The lowest BCUT2D eigenvalue weighted by molar-refractivity contribution is 0.237. The summed E-state index contributed by atoms with van der Waals surface area (Å²) >= 11 is 0. The van der Waals surface area contributed by atoms with Crippen molar-refractivity contribution in [1.82, 2.24) is 10.6 Å². The summed E-state index contributed by atoms with van der Waals surface area (Å²) in [6, 6.07) is 5.26. The van der Waals surface area contributed by atoms with Crippen LogP contribution in [0.4, 0.5) is 4.79 Å². The van der Waals surface area contributed by atoms with Crippen LogP contribution in [0.25, 0.3) is 0 Å². The Morgan fingerprint density at radius 3 is 2.70 bits per heavy atom. The summed E-state index contributed by atoms with van der Waals surface area (Å²) < 4.78 is 10.5. The first-order valence-electron chi connectivity index (χ1n) is 6.90. The Morgan fingerprint density at radius 1 is 1.35 bits per heavy atom. The zero-order valence-corrected chi connectivity index (χ0v) is 12.2. The van der Waals surface area contributed by atoms with Gasteiger partial charge in [0.15, 0.2) is 0 Å². The van der Waals surface area contributed by atoms with Crippen LogP contribution in [0.1, 0.15) is 31.4 Å². The molecule has 2 N–H and O–H groups in total. The van der Waals surface area contributed by atoms with E-state index in [2.05, 4.69) is 10.6 Å². The molecule has 1 aromatic carbocycles. The Labute approximate surface area is 119 Å². The summed E-state index contributed by atoms with van der Waals surface area (Å²) in [6.07, 6.45) is 2.44. The van der Waals surface area contributed by atoms with Gasteiger partial charge in [-0.25, -0.2) is 4.79 Å². The number of carbonyl (C=O) groups is 1. The van der Waals surface area contributed by atoms with Crippen LogP contribution in [0.2, 0.25) is 0 Å². The third-order valence-corrected chi connectivity index (χ3v) is 3.50. The number of nitrogens with one attached hydrogen (secondary N) is 2. The number of urea groups is 1. The molecule has 1 aliphatic carbocycles. The molecule has 110 valence electrons. The molecule has 0 saturated heterocycles. The summed E-state index contributed by atoms with van der Waals surface area (Å²) in [5.41, 5.74) is 0.897. The van der Waals surface area contributed by atoms with Crippen LogP contribution in [0.5, 0.6) is 11.5 Å². The number of amides is 2. The van der Waals surface area contributed by atoms with Crippen molar-refractivity contribution < 1.29 is 14.3 Å². The van der Waals surface area contributed by atoms with Crippen LogP contribution in [-0.2, 0) is 0 Å². The van der Waals surface area contributed by atoms with Crippen molar-refractivity contribution >= 4 is 6.03 Å². The van der Waals surface area contributed by atoms with Gasteiger partial charge in [-0.2, -0.15) is 0 Å². The Balaban J connectivity index is 1.98. The Kier molecular flexibility index (Phi) is 4.71. The molecule has 1 aromatic rings. The van der Waals surface area contributed by atoms with Gasteiger partial charge < -0.3 is 20.1 Å². The summed E-state index contributed by atoms with van der Waals surface area (Å²) in [6.45, 7) is 2.68. The van der Waals surface area contributed by atoms with E-state index in [1.165, 1.54) is 12.8 Å². The molecule has 1 aliphatic rings. The van der Waals surface area contributed by atoms with Gasteiger partial charge in [0.05, 0.1) is 20.3 Å². The standard InChI is InChI=1S/C15H22N2O3/c1-10(17-15(18)16-9-11-4-5-11)13-8-12(19-2)6-7-14(13)20-3/h6-8,10-11H,4-5,9H2,1-3H3,(H2,16,17,18)/t10-/m0/s1. The Morgan fingerprint density at radius 2 is 2.10 bits per heavy atom. The SMILES string of the molecule is COc1ccc(OC)c([C@H](C)NC(=O)NCC2CC2)c1. The first-order valence-corrected chi connectivity index (χ1v) is 6.90. The van der Waals surface area contributed by atoms with Crippen molar-refractivity contribution in [3.8, 4) is 11.5 Å². The summed E-state index contributed by atoms with van der Waals surface area (Å²) in [7, 11) is 3.23. The topological polar surface area (TPSA) is 59.6 Å². The van der Waals surface area contributed by atoms with Gasteiger partial charge in [0.25, 0.3) is 0 Å². The molecule has 2 rings (SSSR count). The van der Waals surface area contributed by atoms with Crippen LogP contribution in [0.15, 0.2) is 18.2 Å². The number of carbonyl (C=O) groups excluding carboxylic acids is 1. The van der Waals surface area contributed by atoms with E-state index in [1.807, 2.05) is 25.1 Å². The van der Waals surface area contributed by atoms with E-state index in [1.54, 1.807) is 14.2 Å². The van der Waals surface area contributed by atoms with E-state index in [-0.39, 0.29) is 12.1 Å². The lowest BCUT2D eigenvalue weighted by Gasteiger charge is -2.18. The lowest BCUT2D eigenvalue weighted by atomic mass is 10.1. The summed E-state index contributed by atoms with van der Waals surface area (Å²) in [5.74, 6) is 2.15. The van der Waals surface area contributed by atoms with E-state index < -0.39 is 0 Å². The number of benzene rings is 1. The summed E-state index contributed by atoms with van der Waals surface area (Å²) in [5, 5.41) is 5.81. The van der Waals surface area contributed by atoms with E-state index in [0.717, 1.165) is 23.6 Å². The van der Waals surface area contributed by atoms with E-state index in [0.29, 0.717) is 5.92 Å². The number of ether oxygens (including phenoxy) is 2. The molecule has 2 amide bonds. The Bertz CT molecular complexity index is 472. The van der Waals surface area contributed by atoms with Crippen molar-refractivity contribution in [3.05, 3.63) is 23.8 Å². The largest absolute Gasteiger partial charge is 0.497 e.